The summed E-state index contributed by atoms with van der Waals surface area (Å²) in [6, 6.07) is 7.60. The fourth-order valence-corrected chi connectivity index (χ4v) is 5.12. The minimum absolute atomic E-state index is 0.00969. The van der Waals surface area contributed by atoms with E-state index in [9.17, 15) is 23.6 Å². The molecule has 3 amide bonds. The average Bonchev–Trinajstić information content (AvgIpc) is 3.09. The quantitative estimate of drug-likeness (QED) is 0.207. The highest BCUT2D eigenvalue weighted by molar-refractivity contribution is 6.36. The molecule has 0 saturated carbocycles. The van der Waals surface area contributed by atoms with Gasteiger partial charge in [-0.3, -0.25) is 19.2 Å². The molecule has 0 N–H and O–H groups in total. The van der Waals surface area contributed by atoms with Gasteiger partial charge in [0.05, 0.1) is 22.4 Å². The molecule has 1 fully saturated rings. The van der Waals surface area contributed by atoms with Gasteiger partial charge in [0.1, 0.15) is 11.9 Å². The molecule has 182 valence electrons. The van der Waals surface area contributed by atoms with Crippen LogP contribution in [0, 0.1) is 17.7 Å². The van der Waals surface area contributed by atoms with Crippen LogP contribution in [0.5, 0.6) is 0 Å². The second-order valence-electron chi connectivity index (χ2n) is 8.28. The molecule has 0 spiro atoms. The Morgan fingerprint density at radius 3 is 2.14 bits per heavy atom. The molecule has 4 rings (SSSR count). The number of ketones is 1. The van der Waals surface area contributed by atoms with Crippen molar-refractivity contribution in [3.63, 3.8) is 0 Å². The van der Waals surface area contributed by atoms with Crippen molar-refractivity contribution in [3.05, 3.63) is 81.6 Å². The van der Waals surface area contributed by atoms with E-state index >= 15 is 0 Å². The normalized spacial score (nSPS) is 20.1. The van der Waals surface area contributed by atoms with Crippen molar-refractivity contribution in [2.24, 2.45) is 11.8 Å². The van der Waals surface area contributed by atoms with Crippen molar-refractivity contribution >= 4 is 58.3 Å². The summed E-state index contributed by atoms with van der Waals surface area (Å²) in [4.78, 5) is 54.2. The van der Waals surface area contributed by atoms with Crippen molar-refractivity contribution < 1.29 is 23.6 Å². The van der Waals surface area contributed by atoms with Crippen LogP contribution in [0.4, 0.5) is 4.39 Å². The Morgan fingerprint density at radius 1 is 1.00 bits per heavy atom. The van der Waals surface area contributed by atoms with Crippen LogP contribution in [0.15, 0.2) is 54.6 Å². The number of Topliss-reactive ketones (excluding diaryl/α,β-unsaturated/α-hetero) is 1. The van der Waals surface area contributed by atoms with E-state index in [2.05, 4.69) is 0 Å². The average molecular weight is 538 g/mol. The summed E-state index contributed by atoms with van der Waals surface area (Å²) in [6.45, 7) is 0. The highest BCUT2D eigenvalue weighted by atomic mass is 35.5. The van der Waals surface area contributed by atoms with Gasteiger partial charge in [-0.2, -0.15) is 5.01 Å². The molecule has 6 nitrogen and oxygen atoms in total. The Balaban J connectivity index is 1.83. The molecule has 35 heavy (non-hydrogen) atoms. The van der Waals surface area contributed by atoms with Gasteiger partial charge >= 0.3 is 0 Å². The minimum atomic E-state index is -1.32. The lowest BCUT2D eigenvalue weighted by molar-refractivity contribution is -0.156. The highest BCUT2D eigenvalue weighted by Crippen LogP contribution is 2.38. The number of amides is 3. The zero-order chi connectivity index (χ0) is 25.3. The second-order valence-corrected chi connectivity index (χ2v) is 9.50. The van der Waals surface area contributed by atoms with E-state index in [1.165, 1.54) is 30.3 Å². The Kier molecular flexibility index (Phi) is 7.59. The summed E-state index contributed by atoms with van der Waals surface area (Å²) in [5.74, 6) is -4.45. The van der Waals surface area contributed by atoms with Gasteiger partial charge in [-0.25, -0.2) is 9.40 Å². The number of benzene rings is 2. The predicted molar refractivity (Wildman–Crippen MR) is 130 cm³/mol. The molecule has 0 aromatic heterocycles. The lowest BCUT2D eigenvalue weighted by Gasteiger charge is -2.36. The Labute approximate surface area is 216 Å². The smallest absolute Gasteiger partial charge is 0.275 e. The number of alkyl halides is 1. The molecule has 1 aliphatic carbocycles. The monoisotopic (exact) mass is 536 g/mol. The van der Waals surface area contributed by atoms with E-state index in [1.807, 2.05) is 12.2 Å². The maximum atomic E-state index is 13.8. The van der Waals surface area contributed by atoms with Gasteiger partial charge in [-0.1, -0.05) is 35.4 Å². The standard InChI is InChI=1S/C25H20Cl3FN2O4/c26-12-11-21(22(32)14-5-8-16(29)9-6-14)30(25(35)19-10-7-15(27)13-20(19)28)31-23(33)17-3-1-2-4-18(17)24(31)34/h1-2,5-10,13,17-18,21H,3-4,11-12H2/t17-,18+,21-/m0/s1. The zero-order valence-corrected chi connectivity index (χ0v) is 20.6. The molecular formula is C25H20Cl3FN2O4. The number of allylic oxidation sites excluding steroid dienone is 2. The lowest BCUT2D eigenvalue weighted by Crippen LogP contribution is -2.57. The van der Waals surface area contributed by atoms with Gasteiger partial charge in [-0.15, -0.1) is 11.6 Å². The summed E-state index contributed by atoms with van der Waals surface area (Å²) >= 11 is 18.3. The molecule has 2 aliphatic rings. The Hall–Kier alpha value is -2.74. The van der Waals surface area contributed by atoms with Crippen LogP contribution in [0.3, 0.4) is 0 Å². The van der Waals surface area contributed by atoms with Crippen LogP contribution in [0.25, 0.3) is 0 Å². The third-order valence-electron chi connectivity index (χ3n) is 6.18. The molecule has 1 saturated heterocycles. The number of halogens is 4. The van der Waals surface area contributed by atoms with Gasteiger partial charge < -0.3 is 0 Å². The Bertz CT molecular complexity index is 1190. The number of fused-ring (bicyclic) bond motifs is 1. The number of carbonyl (C=O) groups excluding carboxylic acids is 4. The van der Waals surface area contributed by atoms with E-state index in [4.69, 9.17) is 34.8 Å². The van der Waals surface area contributed by atoms with Crippen LogP contribution in [0.1, 0.15) is 40.0 Å². The molecule has 0 unspecified atom stereocenters. The van der Waals surface area contributed by atoms with Gasteiger partial charge in [0.25, 0.3) is 17.7 Å². The lowest BCUT2D eigenvalue weighted by atomic mass is 9.85. The number of carbonyl (C=O) groups is 4. The summed E-state index contributed by atoms with van der Waals surface area (Å²) in [5.41, 5.74) is 0.0517. The highest BCUT2D eigenvalue weighted by Gasteiger charge is 2.53. The predicted octanol–water partition coefficient (Wildman–Crippen LogP) is 5.32. The van der Waals surface area contributed by atoms with Crippen molar-refractivity contribution in [2.45, 2.75) is 25.3 Å². The van der Waals surface area contributed by atoms with Crippen LogP contribution in [0.2, 0.25) is 10.0 Å². The number of rotatable bonds is 7. The first-order valence-corrected chi connectivity index (χ1v) is 12.2. The molecular weight excluding hydrogens is 518 g/mol. The number of nitrogens with zero attached hydrogens (tertiary/aromatic N) is 2. The van der Waals surface area contributed by atoms with Gasteiger partial charge in [0.2, 0.25) is 0 Å². The van der Waals surface area contributed by atoms with E-state index in [1.54, 1.807) is 0 Å². The van der Waals surface area contributed by atoms with Gasteiger partial charge in [-0.05, 0) is 61.7 Å². The third kappa shape index (κ3) is 4.85. The summed E-state index contributed by atoms with van der Waals surface area (Å²) < 4.78 is 13.5. The molecule has 1 heterocycles. The molecule has 10 heteroatoms. The molecule has 3 atom stereocenters. The first kappa shape index (κ1) is 25.4. The molecule has 1 aliphatic heterocycles. The van der Waals surface area contributed by atoms with Gasteiger partial charge in [0, 0.05) is 16.5 Å². The fourth-order valence-electron chi connectivity index (χ4n) is 4.43. The zero-order valence-electron chi connectivity index (χ0n) is 18.3. The van der Waals surface area contributed by atoms with Crippen molar-refractivity contribution in [3.8, 4) is 0 Å². The first-order valence-electron chi connectivity index (χ1n) is 10.9. The van der Waals surface area contributed by atoms with Crippen molar-refractivity contribution in [1.82, 2.24) is 10.0 Å². The topological polar surface area (TPSA) is 74.8 Å². The number of hydrogen-bond donors (Lipinski definition) is 0. The minimum Gasteiger partial charge on any atom is -0.292 e. The molecule has 2 aromatic rings. The largest absolute Gasteiger partial charge is 0.292 e. The maximum absolute atomic E-state index is 13.8. The SMILES string of the molecule is O=C(c1ccc(F)cc1)[C@H](CCCl)N(C(=O)c1ccc(Cl)cc1Cl)N1C(=O)[C@H]2CC=CC[C@H]2C1=O. The van der Waals surface area contributed by atoms with E-state index < -0.39 is 47.2 Å². The van der Waals surface area contributed by atoms with E-state index in [-0.39, 0.29) is 33.5 Å². The van der Waals surface area contributed by atoms with Crippen LogP contribution in [-0.2, 0) is 9.59 Å². The second kappa shape index (κ2) is 10.5. The van der Waals surface area contributed by atoms with Crippen LogP contribution < -0.4 is 0 Å². The van der Waals surface area contributed by atoms with E-state index in [0.717, 1.165) is 22.2 Å². The fraction of sp³-hybridized carbons (Fsp3) is 0.280. The number of hydrazine groups is 1. The summed E-state index contributed by atoms with van der Waals surface area (Å²) in [5, 5.41) is 1.91. The van der Waals surface area contributed by atoms with Crippen LogP contribution in [-0.4, -0.2) is 45.4 Å². The maximum Gasteiger partial charge on any atom is 0.275 e. The molecule has 2 aromatic carbocycles. The number of imide groups is 1. The Morgan fingerprint density at radius 2 is 1.60 bits per heavy atom. The van der Waals surface area contributed by atoms with E-state index in [0.29, 0.717) is 12.8 Å². The van der Waals surface area contributed by atoms with Crippen molar-refractivity contribution in [2.75, 3.05) is 5.88 Å². The van der Waals surface area contributed by atoms with Gasteiger partial charge in [0.15, 0.2) is 5.78 Å². The van der Waals surface area contributed by atoms with Crippen LogP contribution >= 0.6 is 34.8 Å². The molecule has 0 bridgehead atoms. The van der Waals surface area contributed by atoms with Crippen molar-refractivity contribution in [1.29, 1.82) is 0 Å². The third-order valence-corrected chi connectivity index (χ3v) is 6.94. The molecule has 0 radical (unpaired) electrons. The summed E-state index contributed by atoms with van der Waals surface area (Å²) in [7, 11) is 0. The summed E-state index contributed by atoms with van der Waals surface area (Å²) in [6.07, 6.45) is 4.26. The number of hydrogen-bond acceptors (Lipinski definition) is 4. The first-order chi connectivity index (χ1) is 16.7.